The lowest BCUT2D eigenvalue weighted by Crippen LogP contribution is -2.25. The van der Waals surface area contributed by atoms with Gasteiger partial charge in [0.05, 0.1) is 0 Å². The van der Waals surface area contributed by atoms with Crippen molar-refractivity contribution in [1.82, 2.24) is 4.90 Å². The Bertz CT molecular complexity index is 543. The molecule has 3 rings (SSSR count). The van der Waals surface area contributed by atoms with E-state index in [9.17, 15) is 0 Å². The van der Waals surface area contributed by atoms with Gasteiger partial charge in [0.25, 0.3) is 0 Å². The maximum Gasteiger partial charge on any atom is 0.0426 e. The summed E-state index contributed by atoms with van der Waals surface area (Å²) in [6, 6.07) is 19.2. The summed E-state index contributed by atoms with van der Waals surface area (Å²) < 4.78 is 0. The zero-order valence-electron chi connectivity index (χ0n) is 10.4. The first-order valence-electron chi connectivity index (χ1n) is 6.46. The van der Waals surface area contributed by atoms with E-state index in [1.165, 1.54) is 16.7 Å². The number of fused-ring (bicyclic) bond motifs is 1. The van der Waals surface area contributed by atoms with Crippen LogP contribution in [0.2, 0.25) is 0 Å². The SMILES string of the molecule is C(=C\N1CCc2ccccc2C1)/c1ccccc1. The van der Waals surface area contributed by atoms with Gasteiger partial charge in [0.15, 0.2) is 0 Å². The van der Waals surface area contributed by atoms with E-state index < -0.39 is 0 Å². The summed E-state index contributed by atoms with van der Waals surface area (Å²) in [5, 5.41) is 0. The Morgan fingerprint density at radius 3 is 2.39 bits per heavy atom. The minimum absolute atomic E-state index is 1.03. The van der Waals surface area contributed by atoms with Gasteiger partial charge < -0.3 is 4.90 Å². The molecule has 0 saturated carbocycles. The molecule has 90 valence electrons. The highest BCUT2D eigenvalue weighted by atomic mass is 15.1. The average Bonchev–Trinajstić information content (AvgIpc) is 2.46. The number of nitrogens with zero attached hydrogens (tertiary/aromatic N) is 1. The molecule has 1 aliphatic heterocycles. The molecule has 0 spiro atoms. The molecule has 0 aliphatic carbocycles. The summed E-state index contributed by atoms with van der Waals surface area (Å²) in [5.41, 5.74) is 4.22. The van der Waals surface area contributed by atoms with Gasteiger partial charge in [0.2, 0.25) is 0 Å². The Morgan fingerprint density at radius 1 is 0.833 bits per heavy atom. The molecule has 0 amide bonds. The van der Waals surface area contributed by atoms with Gasteiger partial charge in [-0.1, -0.05) is 54.6 Å². The van der Waals surface area contributed by atoms with Crippen LogP contribution in [0.25, 0.3) is 6.08 Å². The van der Waals surface area contributed by atoms with Crippen LogP contribution >= 0.6 is 0 Å². The highest BCUT2D eigenvalue weighted by molar-refractivity contribution is 5.48. The second kappa shape index (κ2) is 5.09. The maximum atomic E-state index is 2.38. The van der Waals surface area contributed by atoms with Crippen molar-refractivity contribution in [2.24, 2.45) is 0 Å². The van der Waals surface area contributed by atoms with Gasteiger partial charge in [-0.25, -0.2) is 0 Å². The molecule has 1 nitrogen and oxygen atoms in total. The summed E-state index contributed by atoms with van der Waals surface area (Å²) in [4.78, 5) is 2.38. The molecular formula is C17H17N. The van der Waals surface area contributed by atoms with Gasteiger partial charge in [-0.3, -0.25) is 0 Å². The van der Waals surface area contributed by atoms with Crippen LogP contribution in [0.1, 0.15) is 16.7 Å². The lowest BCUT2D eigenvalue weighted by Gasteiger charge is -2.27. The molecule has 0 fully saturated rings. The third-order valence-corrected chi connectivity index (χ3v) is 3.44. The Kier molecular flexibility index (Phi) is 3.14. The molecule has 0 unspecified atom stereocenters. The number of rotatable bonds is 2. The van der Waals surface area contributed by atoms with Crippen molar-refractivity contribution in [2.75, 3.05) is 6.54 Å². The van der Waals surface area contributed by atoms with Crippen molar-refractivity contribution in [3.63, 3.8) is 0 Å². The first-order chi connectivity index (χ1) is 8.92. The van der Waals surface area contributed by atoms with Crippen molar-refractivity contribution in [3.05, 3.63) is 77.5 Å². The predicted molar refractivity (Wildman–Crippen MR) is 76.0 cm³/mol. The molecule has 0 aromatic heterocycles. The molecular weight excluding hydrogens is 218 g/mol. The minimum atomic E-state index is 1.03. The largest absolute Gasteiger partial charge is 0.373 e. The standard InChI is InChI=1S/C17H17N/c1-2-6-15(7-3-1)10-12-18-13-11-16-8-4-5-9-17(16)14-18/h1-10,12H,11,13-14H2/b12-10+. The van der Waals surface area contributed by atoms with Crippen LogP contribution in [0.5, 0.6) is 0 Å². The van der Waals surface area contributed by atoms with Crippen molar-refractivity contribution in [1.29, 1.82) is 0 Å². The molecule has 2 aromatic carbocycles. The molecule has 18 heavy (non-hydrogen) atoms. The van der Waals surface area contributed by atoms with Gasteiger partial charge in [-0.2, -0.15) is 0 Å². The summed E-state index contributed by atoms with van der Waals surface area (Å²) >= 11 is 0. The Labute approximate surface area is 108 Å². The first-order valence-corrected chi connectivity index (χ1v) is 6.46. The monoisotopic (exact) mass is 235 g/mol. The Hall–Kier alpha value is -2.02. The van der Waals surface area contributed by atoms with Crippen LogP contribution in [0.3, 0.4) is 0 Å². The molecule has 0 atom stereocenters. The smallest absolute Gasteiger partial charge is 0.0426 e. The normalized spacial score (nSPS) is 14.8. The van der Waals surface area contributed by atoms with Crippen molar-refractivity contribution >= 4 is 6.08 Å². The van der Waals surface area contributed by atoms with Gasteiger partial charge in [-0.05, 0) is 35.4 Å². The summed E-state index contributed by atoms with van der Waals surface area (Å²) in [7, 11) is 0. The average molecular weight is 235 g/mol. The molecule has 0 radical (unpaired) electrons. The molecule has 2 aromatic rings. The fourth-order valence-electron chi connectivity index (χ4n) is 2.40. The van der Waals surface area contributed by atoms with E-state index in [1.807, 2.05) is 0 Å². The molecule has 0 N–H and O–H groups in total. The lowest BCUT2D eigenvalue weighted by molar-refractivity contribution is 0.355. The van der Waals surface area contributed by atoms with E-state index in [-0.39, 0.29) is 0 Å². The van der Waals surface area contributed by atoms with Crippen LogP contribution in [-0.4, -0.2) is 11.4 Å². The number of benzene rings is 2. The minimum Gasteiger partial charge on any atom is -0.373 e. The summed E-state index contributed by atoms with van der Waals surface area (Å²) in [5.74, 6) is 0. The fraction of sp³-hybridized carbons (Fsp3) is 0.176. The lowest BCUT2D eigenvalue weighted by atomic mass is 10.0. The topological polar surface area (TPSA) is 3.24 Å². The van der Waals surface area contributed by atoms with Gasteiger partial charge in [0.1, 0.15) is 0 Å². The van der Waals surface area contributed by atoms with Crippen molar-refractivity contribution < 1.29 is 0 Å². The van der Waals surface area contributed by atoms with E-state index in [0.29, 0.717) is 0 Å². The molecule has 1 heteroatoms. The molecule has 1 heterocycles. The van der Waals surface area contributed by atoms with E-state index in [1.54, 1.807) is 0 Å². The van der Waals surface area contributed by atoms with Crippen molar-refractivity contribution in [2.45, 2.75) is 13.0 Å². The van der Waals surface area contributed by atoms with E-state index in [4.69, 9.17) is 0 Å². The highest BCUT2D eigenvalue weighted by Crippen LogP contribution is 2.18. The molecule has 0 saturated heterocycles. The zero-order valence-corrected chi connectivity index (χ0v) is 10.4. The second-order valence-corrected chi connectivity index (χ2v) is 4.72. The summed E-state index contributed by atoms with van der Waals surface area (Å²) in [6.07, 6.45) is 5.55. The van der Waals surface area contributed by atoms with Crippen LogP contribution in [0, 0.1) is 0 Å². The number of hydrogen-bond acceptors (Lipinski definition) is 1. The van der Waals surface area contributed by atoms with Crippen LogP contribution < -0.4 is 0 Å². The van der Waals surface area contributed by atoms with E-state index >= 15 is 0 Å². The van der Waals surface area contributed by atoms with Crippen LogP contribution in [0.4, 0.5) is 0 Å². The third kappa shape index (κ3) is 2.45. The Morgan fingerprint density at radius 2 is 1.56 bits per heavy atom. The quantitative estimate of drug-likeness (QED) is 0.767. The van der Waals surface area contributed by atoms with Crippen LogP contribution in [-0.2, 0) is 13.0 Å². The molecule has 1 aliphatic rings. The van der Waals surface area contributed by atoms with Crippen LogP contribution in [0.15, 0.2) is 60.8 Å². The summed E-state index contributed by atoms with van der Waals surface area (Å²) in [6.45, 7) is 2.14. The Balaban J connectivity index is 1.72. The second-order valence-electron chi connectivity index (χ2n) is 4.72. The van der Waals surface area contributed by atoms with E-state index in [2.05, 4.69) is 71.8 Å². The van der Waals surface area contributed by atoms with Crippen molar-refractivity contribution in [3.8, 4) is 0 Å². The fourth-order valence-corrected chi connectivity index (χ4v) is 2.40. The number of hydrogen-bond donors (Lipinski definition) is 0. The zero-order chi connectivity index (χ0) is 12.2. The van der Waals surface area contributed by atoms with Gasteiger partial charge >= 0.3 is 0 Å². The third-order valence-electron chi connectivity index (χ3n) is 3.44. The van der Waals surface area contributed by atoms with Gasteiger partial charge in [0, 0.05) is 13.1 Å². The highest BCUT2D eigenvalue weighted by Gasteiger charge is 2.11. The predicted octanol–water partition coefficient (Wildman–Crippen LogP) is 3.72. The van der Waals surface area contributed by atoms with Gasteiger partial charge in [-0.15, -0.1) is 0 Å². The first kappa shape index (κ1) is 11.1. The molecule has 0 bridgehead atoms. The maximum absolute atomic E-state index is 2.38. The van der Waals surface area contributed by atoms with E-state index in [0.717, 1.165) is 19.5 Å².